The Kier molecular flexibility index (Phi) is 3.07. The van der Waals surface area contributed by atoms with Crippen molar-refractivity contribution in [1.29, 1.82) is 0 Å². The summed E-state index contributed by atoms with van der Waals surface area (Å²) in [5.74, 6) is 0. The summed E-state index contributed by atoms with van der Waals surface area (Å²) in [5.41, 5.74) is 3.93. The van der Waals surface area contributed by atoms with Crippen LogP contribution in [0.5, 0.6) is 0 Å². The van der Waals surface area contributed by atoms with Gasteiger partial charge in [-0.15, -0.1) is 0 Å². The maximum Gasteiger partial charge on any atom is 0.119 e. The highest BCUT2D eigenvalue weighted by molar-refractivity contribution is 5.66. The van der Waals surface area contributed by atoms with Crippen molar-refractivity contribution in [2.75, 3.05) is 19.9 Å². The molecule has 1 saturated heterocycles. The second-order valence-corrected chi connectivity index (χ2v) is 4.02. The van der Waals surface area contributed by atoms with Crippen molar-refractivity contribution in [3.05, 3.63) is 41.5 Å². The molecule has 0 radical (unpaired) electrons. The van der Waals surface area contributed by atoms with E-state index in [2.05, 4.69) is 43.0 Å². The Labute approximate surface area is 91.2 Å². The summed E-state index contributed by atoms with van der Waals surface area (Å²) in [7, 11) is 0. The van der Waals surface area contributed by atoms with E-state index in [4.69, 9.17) is 4.74 Å². The first kappa shape index (κ1) is 10.2. The molecule has 0 spiro atoms. The normalized spacial score (nSPS) is 15.5. The van der Waals surface area contributed by atoms with Gasteiger partial charge in [0.25, 0.3) is 0 Å². The van der Waals surface area contributed by atoms with Crippen molar-refractivity contribution in [3.8, 4) is 0 Å². The molecule has 1 aliphatic heterocycles. The molecule has 80 valence electrons. The van der Waals surface area contributed by atoms with Crippen molar-refractivity contribution in [2.45, 2.75) is 13.8 Å². The molecule has 0 aliphatic carbocycles. The average Bonchev–Trinajstić information content (AvgIpc) is 2.72. The van der Waals surface area contributed by atoms with Crippen LogP contribution in [0.3, 0.4) is 0 Å². The first-order chi connectivity index (χ1) is 7.29. The van der Waals surface area contributed by atoms with E-state index in [0.717, 1.165) is 19.9 Å². The van der Waals surface area contributed by atoms with Gasteiger partial charge in [0.05, 0.1) is 6.61 Å². The minimum atomic E-state index is 0.718. The molecule has 0 unspecified atom stereocenters. The summed E-state index contributed by atoms with van der Waals surface area (Å²) < 4.78 is 5.40. The Morgan fingerprint density at radius 1 is 1.20 bits per heavy atom. The van der Waals surface area contributed by atoms with Gasteiger partial charge in [0.15, 0.2) is 0 Å². The molecule has 2 nitrogen and oxygen atoms in total. The molecule has 2 rings (SSSR count). The molecule has 0 aromatic heterocycles. The van der Waals surface area contributed by atoms with E-state index in [9.17, 15) is 0 Å². The van der Waals surface area contributed by atoms with Crippen molar-refractivity contribution in [1.82, 2.24) is 4.90 Å². The number of allylic oxidation sites excluding steroid dienone is 1. The van der Waals surface area contributed by atoms with Gasteiger partial charge >= 0.3 is 0 Å². The first-order valence-electron chi connectivity index (χ1n) is 5.34. The predicted molar refractivity (Wildman–Crippen MR) is 62.2 cm³/mol. The molecule has 0 bridgehead atoms. The maximum absolute atomic E-state index is 5.40. The van der Waals surface area contributed by atoms with Gasteiger partial charge in [-0.2, -0.15) is 0 Å². The lowest BCUT2D eigenvalue weighted by atomic mass is 10.1. The molecule has 0 saturated carbocycles. The van der Waals surface area contributed by atoms with Crippen LogP contribution in [0.4, 0.5) is 0 Å². The summed E-state index contributed by atoms with van der Waals surface area (Å²) in [6.45, 7) is 6.86. The molecule has 0 amide bonds. The highest BCUT2D eigenvalue weighted by Crippen LogP contribution is 2.24. The number of hydrogen-bond donors (Lipinski definition) is 0. The van der Waals surface area contributed by atoms with Crippen LogP contribution in [0.15, 0.2) is 35.9 Å². The smallest absolute Gasteiger partial charge is 0.119 e. The van der Waals surface area contributed by atoms with Crippen LogP contribution in [0.1, 0.15) is 19.4 Å². The van der Waals surface area contributed by atoms with Gasteiger partial charge in [-0.1, -0.05) is 35.9 Å². The van der Waals surface area contributed by atoms with Crippen molar-refractivity contribution in [2.24, 2.45) is 0 Å². The number of benzene rings is 1. The topological polar surface area (TPSA) is 12.5 Å². The summed E-state index contributed by atoms with van der Waals surface area (Å²) >= 11 is 0. The lowest BCUT2D eigenvalue weighted by Gasteiger charge is -2.22. The standard InChI is InChI=1S/C13H17NO/c1-11(2)13(14-8-9-15-10-14)12-6-4-3-5-7-12/h3-7H,8-10H2,1-2H3. The van der Waals surface area contributed by atoms with E-state index in [0.29, 0.717) is 0 Å². The third kappa shape index (κ3) is 2.21. The van der Waals surface area contributed by atoms with Crippen LogP contribution in [-0.4, -0.2) is 24.8 Å². The van der Waals surface area contributed by atoms with Gasteiger partial charge in [0.2, 0.25) is 0 Å². The average molecular weight is 203 g/mol. The van der Waals surface area contributed by atoms with E-state index < -0.39 is 0 Å². The number of hydrogen-bond acceptors (Lipinski definition) is 2. The van der Waals surface area contributed by atoms with Crippen LogP contribution < -0.4 is 0 Å². The molecule has 2 heteroatoms. The zero-order valence-corrected chi connectivity index (χ0v) is 9.36. The predicted octanol–water partition coefficient (Wildman–Crippen LogP) is 2.73. The molecule has 0 N–H and O–H groups in total. The molecule has 1 aromatic carbocycles. The highest BCUT2D eigenvalue weighted by Gasteiger charge is 2.17. The van der Waals surface area contributed by atoms with Gasteiger partial charge in [0, 0.05) is 12.2 Å². The van der Waals surface area contributed by atoms with E-state index >= 15 is 0 Å². The maximum atomic E-state index is 5.40. The zero-order chi connectivity index (χ0) is 10.7. The summed E-state index contributed by atoms with van der Waals surface area (Å²) in [4.78, 5) is 2.30. The number of ether oxygens (including phenoxy) is 1. The summed E-state index contributed by atoms with van der Waals surface area (Å²) in [6, 6.07) is 10.5. The van der Waals surface area contributed by atoms with E-state index in [1.54, 1.807) is 0 Å². The SMILES string of the molecule is CC(C)=C(c1ccccc1)N1CCOC1. The van der Waals surface area contributed by atoms with E-state index in [1.165, 1.54) is 16.8 Å². The molecule has 0 atom stereocenters. The van der Waals surface area contributed by atoms with E-state index in [-0.39, 0.29) is 0 Å². The van der Waals surface area contributed by atoms with Gasteiger partial charge in [0.1, 0.15) is 6.73 Å². The molecule has 1 fully saturated rings. The fraction of sp³-hybridized carbons (Fsp3) is 0.385. The van der Waals surface area contributed by atoms with E-state index in [1.807, 2.05) is 6.07 Å². The fourth-order valence-corrected chi connectivity index (χ4v) is 1.97. The Hall–Kier alpha value is -1.28. The van der Waals surface area contributed by atoms with Gasteiger partial charge in [-0.05, 0) is 19.4 Å². The van der Waals surface area contributed by atoms with Crippen molar-refractivity contribution in [3.63, 3.8) is 0 Å². The minimum absolute atomic E-state index is 0.718. The molecular weight excluding hydrogens is 186 g/mol. The lowest BCUT2D eigenvalue weighted by Crippen LogP contribution is -2.19. The zero-order valence-electron chi connectivity index (χ0n) is 9.36. The fourth-order valence-electron chi connectivity index (χ4n) is 1.97. The molecular formula is C13H17NO. The number of rotatable bonds is 2. The largest absolute Gasteiger partial charge is 0.359 e. The molecule has 1 heterocycles. The van der Waals surface area contributed by atoms with Gasteiger partial charge in [-0.3, -0.25) is 0 Å². The van der Waals surface area contributed by atoms with Crippen LogP contribution in [-0.2, 0) is 4.74 Å². The van der Waals surface area contributed by atoms with Crippen LogP contribution in [0.2, 0.25) is 0 Å². The molecule has 1 aromatic rings. The highest BCUT2D eigenvalue weighted by atomic mass is 16.5. The van der Waals surface area contributed by atoms with Gasteiger partial charge < -0.3 is 9.64 Å². The summed E-state index contributed by atoms with van der Waals surface area (Å²) in [5, 5.41) is 0. The monoisotopic (exact) mass is 203 g/mol. The van der Waals surface area contributed by atoms with Crippen LogP contribution in [0, 0.1) is 0 Å². The Morgan fingerprint density at radius 3 is 2.47 bits per heavy atom. The Morgan fingerprint density at radius 2 is 1.93 bits per heavy atom. The Balaban J connectivity index is 2.33. The Bertz CT molecular complexity index is 346. The van der Waals surface area contributed by atoms with Crippen LogP contribution in [0.25, 0.3) is 5.70 Å². The molecule has 15 heavy (non-hydrogen) atoms. The van der Waals surface area contributed by atoms with Crippen LogP contribution >= 0.6 is 0 Å². The molecule has 1 aliphatic rings. The second kappa shape index (κ2) is 4.49. The second-order valence-electron chi connectivity index (χ2n) is 4.02. The quantitative estimate of drug-likeness (QED) is 0.732. The van der Waals surface area contributed by atoms with Crippen molar-refractivity contribution < 1.29 is 4.74 Å². The minimum Gasteiger partial charge on any atom is -0.359 e. The lowest BCUT2D eigenvalue weighted by molar-refractivity contribution is 0.165. The van der Waals surface area contributed by atoms with Gasteiger partial charge in [-0.25, -0.2) is 0 Å². The summed E-state index contributed by atoms with van der Waals surface area (Å²) in [6.07, 6.45) is 0. The first-order valence-corrected chi connectivity index (χ1v) is 5.34. The third-order valence-electron chi connectivity index (χ3n) is 2.59. The van der Waals surface area contributed by atoms with Crippen molar-refractivity contribution >= 4 is 5.70 Å². The number of nitrogens with zero attached hydrogens (tertiary/aromatic N) is 1. The third-order valence-corrected chi connectivity index (χ3v) is 2.59.